The third-order valence-corrected chi connectivity index (χ3v) is 4.52. The second-order valence-electron chi connectivity index (χ2n) is 6.63. The van der Waals surface area contributed by atoms with Gasteiger partial charge in [0, 0.05) is 18.6 Å². The van der Waals surface area contributed by atoms with Crippen molar-refractivity contribution in [2.75, 3.05) is 7.05 Å². The molecule has 0 aliphatic carbocycles. The zero-order chi connectivity index (χ0) is 18.7. The summed E-state index contributed by atoms with van der Waals surface area (Å²) >= 11 is 5.99. The van der Waals surface area contributed by atoms with Crippen molar-refractivity contribution in [1.29, 1.82) is 0 Å². The van der Waals surface area contributed by atoms with E-state index in [1.54, 1.807) is 11.1 Å². The van der Waals surface area contributed by atoms with Gasteiger partial charge in [-0.3, -0.25) is 4.79 Å². The van der Waals surface area contributed by atoms with Crippen molar-refractivity contribution in [2.45, 2.75) is 26.3 Å². The maximum Gasteiger partial charge on any atom is 0.257 e. The normalized spacial score (nSPS) is 11.0. The van der Waals surface area contributed by atoms with Gasteiger partial charge in [0.05, 0.1) is 23.1 Å². The van der Waals surface area contributed by atoms with Crippen LogP contribution in [0.1, 0.15) is 41.4 Å². The summed E-state index contributed by atoms with van der Waals surface area (Å²) in [6, 6.07) is 17.4. The van der Waals surface area contributed by atoms with Gasteiger partial charge in [0.25, 0.3) is 5.91 Å². The highest BCUT2D eigenvalue weighted by atomic mass is 35.5. The van der Waals surface area contributed by atoms with Crippen LogP contribution in [0.25, 0.3) is 5.69 Å². The highest BCUT2D eigenvalue weighted by Gasteiger charge is 2.23. The summed E-state index contributed by atoms with van der Waals surface area (Å²) in [4.78, 5) is 14.8. The monoisotopic (exact) mass is 367 g/mol. The van der Waals surface area contributed by atoms with E-state index in [4.69, 9.17) is 11.6 Å². The van der Waals surface area contributed by atoms with Crippen LogP contribution in [0.15, 0.2) is 60.8 Å². The highest BCUT2D eigenvalue weighted by molar-refractivity contribution is 6.30. The first-order valence-electron chi connectivity index (χ1n) is 8.60. The quantitative estimate of drug-likeness (QED) is 0.641. The molecule has 0 radical (unpaired) electrons. The van der Waals surface area contributed by atoms with Crippen LogP contribution in [0.5, 0.6) is 0 Å². The Bertz CT molecular complexity index is 885. The lowest BCUT2D eigenvalue weighted by molar-refractivity contribution is 0.0783. The SMILES string of the molecule is CC(C)c1c(C(=O)N(C)Cc2ccccc2)cnn1-c1ccc(Cl)cc1. The third kappa shape index (κ3) is 3.81. The Labute approximate surface area is 159 Å². The number of benzene rings is 2. The van der Waals surface area contributed by atoms with E-state index in [2.05, 4.69) is 18.9 Å². The topological polar surface area (TPSA) is 38.1 Å². The minimum absolute atomic E-state index is 0.0298. The Morgan fingerprint density at radius 2 is 1.77 bits per heavy atom. The van der Waals surface area contributed by atoms with E-state index in [0.717, 1.165) is 16.9 Å². The molecule has 2 aromatic carbocycles. The lowest BCUT2D eigenvalue weighted by atomic mass is 10.0. The average molecular weight is 368 g/mol. The molecule has 0 fully saturated rings. The van der Waals surface area contributed by atoms with Gasteiger partial charge < -0.3 is 4.90 Å². The fourth-order valence-corrected chi connectivity index (χ4v) is 3.13. The lowest BCUT2D eigenvalue weighted by Crippen LogP contribution is -2.27. The van der Waals surface area contributed by atoms with E-state index >= 15 is 0 Å². The zero-order valence-corrected chi connectivity index (χ0v) is 15.9. The van der Waals surface area contributed by atoms with Gasteiger partial charge in [-0.05, 0) is 35.7 Å². The predicted molar refractivity (Wildman–Crippen MR) is 105 cm³/mol. The van der Waals surface area contributed by atoms with Gasteiger partial charge in [-0.2, -0.15) is 5.10 Å². The summed E-state index contributed by atoms with van der Waals surface area (Å²) in [5.74, 6) is 0.120. The van der Waals surface area contributed by atoms with E-state index in [1.165, 1.54) is 0 Å². The van der Waals surface area contributed by atoms with Crippen LogP contribution in [0.3, 0.4) is 0 Å². The van der Waals surface area contributed by atoms with Gasteiger partial charge in [-0.25, -0.2) is 4.68 Å². The van der Waals surface area contributed by atoms with E-state index in [9.17, 15) is 4.79 Å². The molecule has 5 heteroatoms. The largest absolute Gasteiger partial charge is 0.337 e. The van der Waals surface area contributed by atoms with Crippen molar-refractivity contribution >= 4 is 17.5 Å². The molecule has 0 bridgehead atoms. The number of nitrogens with zero attached hydrogens (tertiary/aromatic N) is 3. The molecular weight excluding hydrogens is 346 g/mol. The van der Waals surface area contributed by atoms with Crippen molar-refractivity contribution in [3.63, 3.8) is 0 Å². The molecule has 1 amide bonds. The Kier molecular flexibility index (Phi) is 5.43. The van der Waals surface area contributed by atoms with Crippen LogP contribution in [-0.2, 0) is 6.54 Å². The molecular formula is C21H22ClN3O. The number of aromatic nitrogens is 2. The minimum Gasteiger partial charge on any atom is -0.337 e. The molecule has 3 aromatic rings. The maximum absolute atomic E-state index is 13.0. The van der Waals surface area contributed by atoms with Gasteiger partial charge in [-0.1, -0.05) is 55.8 Å². The van der Waals surface area contributed by atoms with Crippen LogP contribution in [0.2, 0.25) is 5.02 Å². The van der Waals surface area contributed by atoms with Gasteiger partial charge in [0.1, 0.15) is 0 Å². The summed E-state index contributed by atoms with van der Waals surface area (Å²) < 4.78 is 1.82. The van der Waals surface area contributed by atoms with Crippen LogP contribution in [-0.4, -0.2) is 27.6 Å². The lowest BCUT2D eigenvalue weighted by Gasteiger charge is -2.19. The fraction of sp³-hybridized carbons (Fsp3) is 0.238. The number of rotatable bonds is 5. The first-order valence-corrected chi connectivity index (χ1v) is 8.98. The second-order valence-corrected chi connectivity index (χ2v) is 7.07. The van der Waals surface area contributed by atoms with Crippen LogP contribution in [0, 0.1) is 0 Å². The Morgan fingerprint density at radius 1 is 1.12 bits per heavy atom. The average Bonchev–Trinajstić information content (AvgIpc) is 3.07. The molecule has 134 valence electrons. The van der Waals surface area contributed by atoms with Crippen molar-refractivity contribution in [3.8, 4) is 5.69 Å². The number of carbonyl (C=O) groups excluding carboxylic acids is 1. The smallest absolute Gasteiger partial charge is 0.257 e. The molecule has 3 rings (SSSR count). The van der Waals surface area contributed by atoms with Crippen molar-refractivity contribution in [3.05, 3.63) is 82.6 Å². The molecule has 0 aliphatic rings. The molecule has 0 aliphatic heterocycles. The summed E-state index contributed by atoms with van der Waals surface area (Å²) in [6.45, 7) is 4.69. The Balaban J connectivity index is 1.92. The molecule has 0 spiro atoms. The molecule has 0 saturated heterocycles. The molecule has 0 unspecified atom stereocenters. The molecule has 26 heavy (non-hydrogen) atoms. The zero-order valence-electron chi connectivity index (χ0n) is 15.2. The standard InChI is InChI=1S/C21H22ClN3O/c1-15(2)20-19(13-23-25(20)18-11-9-17(22)10-12-18)21(26)24(3)14-16-7-5-4-6-8-16/h4-13,15H,14H2,1-3H3. The summed E-state index contributed by atoms with van der Waals surface area (Å²) in [5.41, 5.74) is 3.52. The molecule has 0 N–H and O–H groups in total. The Hall–Kier alpha value is -2.59. The minimum atomic E-state index is -0.0298. The van der Waals surface area contributed by atoms with Gasteiger partial charge in [-0.15, -0.1) is 0 Å². The van der Waals surface area contributed by atoms with Crippen molar-refractivity contribution < 1.29 is 4.79 Å². The molecule has 1 heterocycles. The number of halogens is 1. The second kappa shape index (κ2) is 7.75. The third-order valence-electron chi connectivity index (χ3n) is 4.26. The number of hydrogen-bond acceptors (Lipinski definition) is 2. The van der Waals surface area contributed by atoms with E-state index in [1.807, 2.05) is 66.3 Å². The number of carbonyl (C=O) groups is 1. The summed E-state index contributed by atoms with van der Waals surface area (Å²) in [5, 5.41) is 5.15. The van der Waals surface area contributed by atoms with Crippen molar-refractivity contribution in [2.24, 2.45) is 0 Å². The van der Waals surface area contributed by atoms with Gasteiger partial charge >= 0.3 is 0 Å². The van der Waals surface area contributed by atoms with Gasteiger partial charge in [0.15, 0.2) is 0 Å². The summed E-state index contributed by atoms with van der Waals surface area (Å²) in [7, 11) is 1.82. The molecule has 1 aromatic heterocycles. The van der Waals surface area contributed by atoms with E-state index in [-0.39, 0.29) is 11.8 Å². The Morgan fingerprint density at radius 3 is 2.38 bits per heavy atom. The van der Waals surface area contributed by atoms with Crippen molar-refractivity contribution in [1.82, 2.24) is 14.7 Å². The van der Waals surface area contributed by atoms with Crippen LogP contribution in [0.4, 0.5) is 0 Å². The number of hydrogen-bond donors (Lipinski definition) is 0. The maximum atomic E-state index is 13.0. The molecule has 0 atom stereocenters. The number of amides is 1. The summed E-state index contributed by atoms with van der Waals surface area (Å²) in [6.07, 6.45) is 1.66. The first-order chi connectivity index (χ1) is 12.5. The van der Waals surface area contributed by atoms with E-state index in [0.29, 0.717) is 17.1 Å². The first kappa shape index (κ1) is 18.2. The molecule has 0 saturated carbocycles. The van der Waals surface area contributed by atoms with Gasteiger partial charge in [0.2, 0.25) is 0 Å². The highest BCUT2D eigenvalue weighted by Crippen LogP contribution is 2.25. The van der Waals surface area contributed by atoms with Crippen LogP contribution >= 0.6 is 11.6 Å². The van der Waals surface area contributed by atoms with E-state index < -0.39 is 0 Å². The molecule has 4 nitrogen and oxygen atoms in total. The van der Waals surface area contributed by atoms with Crippen LogP contribution < -0.4 is 0 Å². The predicted octanol–water partition coefficient (Wildman–Crippen LogP) is 4.92. The fourth-order valence-electron chi connectivity index (χ4n) is 3.00.